The molecule has 0 unspecified atom stereocenters. The van der Waals surface area contributed by atoms with Gasteiger partial charge in [-0.05, 0) is 36.1 Å². The Kier molecular flexibility index (Phi) is 7.97. The summed E-state index contributed by atoms with van der Waals surface area (Å²) >= 11 is 1.08. The minimum atomic E-state index is -3.42. The quantitative estimate of drug-likeness (QED) is 0.345. The summed E-state index contributed by atoms with van der Waals surface area (Å²) in [6, 6.07) is 16.2. The van der Waals surface area contributed by atoms with Crippen LogP contribution in [-0.4, -0.2) is 43.1 Å². The van der Waals surface area contributed by atoms with Crippen LogP contribution in [-0.2, 0) is 18.3 Å². The lowest BCUT2D eigenvalue weighted by Crippen LogP contribution is -2.26. The normalized spacial score (nSPS) is 12.6. The molecule has 0 aliphatic heterocycles. The van der Waals surface area contributed by atoms with Crippen LogP contribution in [0.2, 0.25) is 0 Å². The molecule has 9 nitrogen and oxygen atoms in total. The average molecular weight is 516 g/mol. The second-order valence-electron chi connectivity index (χ2n) is 7.60. The van der Waals surface area contributed by atoms with Gasteiger partial charge in [-0.15, -0.1) is 11.3 Å². The highest BCUT2D eigenvalue weighted by Gasteiger charge is 2.29. The van der Waals surface area contributed by atoms with Crippen molar-refractivity contribution < 1.29 is 27.9 Å². The maximum Gasteiger partial charge on any atom is 0.413 e. The van der Waals surface area contributed by atoms with Gasteiger partial charge in [-0.25, -0.2) is 9.78 Å². The number of nitrogens with one attached hydrogen (secondary N) is 2. The van der Waals surface area contributed by atoms with E-state index >= 15 is 0 Å². The third-order valence-corrected chi connectivity index (χ3v) is 7.98. The summed E-state index contributed by atoms with van der Waals surface area (Å²) in [5.41, 5.74) is 4.59. The van der Waals surface area contributed by atoms with Gasteiger partial charge in [0.15, 0.2) is 5.13 Å². The lowest BCUT2D eigenvalue weighted by molar-refractivity contribution is 0.0949. The smallest absolute Gasteiger partial charge is 0.413 e. The highest BCUT2D eigenvalue weighted by Crippen LogP contribution is 2.47. The molecule has 1 aliphatic rings. The fourth-order valence-electron chi connectivity index (χ4n) is 3.94. The minimum absolute atomic E-state index is 0.0582. The Morgan fingerprint density at radius 1 is 1.00 bits per heavy atom. The first kappa shape index (κ1) is 25.1. The first-order valence-electron chi connectivity index (χ1n) is 11.2. The second kappa shape index (κ2) is 11.1. The molecule has 0 bridgehead atoms. The minimum Gasteiger partial charge on any atom is -0.448 e. The zero-order valence-electron chi connectivity index (χ0n) is 19.4. The Morgan fingerprint density at radius 2 is 1.60 bits per heavy atom. The highest BCUT2D eigenvalue weighted by molar-refractivity contribution is 7.53. The molecule has 35 heavy (non-hydrogen) atoms. The summed E-state index contributed by atoms with van der Waals surface area (Å²) in [4.78, 5) is 28.9. The van der Waals surface area contributed by atoms with Gasteiger partial charge in [0, 0.05) is 11.3 Å². The van der Waals surface area contributed by atoms with Gasteiger partial charge in [0.1, 0.15) is 18.6 Å². The summed E-state index contributed by atoms with van der Waals surface area (Å²) in [6.45, 7) is 3.93. The number of benzene rings is 2. The van der Waals surface area contributed by atoms with Crippen molar-refractivity contribution in [2.45, 2.75) is 19.8 Å². The summed E-state index contributed by atoms with van der Waals surface area (Å²) < 4.78 is 28.3. The van der Waals surface area contributed by atoms with Gasteiger partial charge in [0.05, 0.1) is 13.2 Å². The molecule has 0 atom stereocenters. The van der Waals surface area contributed by atoms with Gasteiger partial charge in [-0.1, -0.05) is 48.5 Å². The molecule has 2 aromatic carbocycles. The first-order valence-corrected chi connectivity index (χ1v) is 13.8. The van der Waals surface area contributed by atoms with Crippen LogP contribution in [0.25, 0.3) is 11.1 Å². The van der Waals surface area contributed by atoms with E-state index in [0.717, 1.165) is 33.6 Å². The van der Waals surface area contributed by atoms with Gasteiger partial charge < -0.3 is 19.1 Å². The molecule has 3 aromatic rings. The van der Waals surface area contributed by atoms with Gasteiger partial charge >= 0.3 is 13.7 Å². The van der Waals surface area contributed by atoms with E-state index in [9.17, 15) is 14.2 Å². The lowest BCUT2D eigenvalue weighted by Gasteiger charge is -2.16. The van der Waals surface area contributed by atoms with Crippen molar-refractivity contribution in [2.75, 3.05) is 31.4 Å². The average Bonchev–Trinajstić information content (AvgIpc) is 3.44. The Balaban J connectivity index is 1.33. The van der Waals surface area contributed by atoms with E-state index in [1.54, 1.807) is 13.8 Å². The molecular weight excluding hydrogens is 489 g/mol. The van der Waals surface area contributed by atoms with E-state index in [4.69, 9.17) is 13.8 Å². The molecule has 2 amide bonds. The molecule has 0 saturated heterocycles. The van der Waals surface area contributed by atoms with Crippen molar-refractivity contribution in [3.63, 3.8) is 0 Å². The van der Waals surface area contributed by atoms with Crippen LogP contribution in [0.15, 0.2) is 53.9 Å². The van der Waals surface area contributed by atoms with E-state index in [0.29, 0.717) is 0 Å². The molecule has 0 fully saturated rings. The molecule has 0 radical (unpaired) electrons. The number of hydrogen-bond donors (Lipinski definition) is 2. The molecule has 4 rings (SSSR count). The molecule has 1 aromatic heterocycles. The number of ether oxygens (including phenoxy) is 1. The van der Waals surface area contributed by atoms with Crippen LogP contribution < -0.4 is 10.6 Å². The van der Waals surface area contributed by atoms with Crippen LogP contribution >= 0.6 is 18.9 Å². The molecule has 1 heterocycles. The molecule has 0 saturated carbocycles. The van der Waals surface area contributed by atoms with Crippen molar-refractivity contribution >= 4 is 36.1 Å². The molecule has 0 spiro atoms. The van der Waals surface area contributed by atoms with Crippen LogP contribution in [0.3, 0.4) is 0 Å². The topological polar surface area (TPSA) is 116 Å². The number of aromatic nitrogens is 1. The van der Waals surface area contributed by atoms with Crippen LogP contribution in [0, 0.1) is 0 Å². The largest absolute Gasteiger partial charge is 0.448 e. The third kappa shape index (κ3) is 5.79. The molecule has 11 heteroatoms. The van der Waals surface area contributed by atoms with Crippen molar-refractivity contribution in [3.8, 4) is 11.1 Å². The number of anilines is 1. The lowest BCUT2D eigenvalue weighted by atomic mass is 9.98. The Hall–Kier alpha value is -3.04. The van der Waals surface area contributed by atoms with Crippen molar-refractivity contribution in [3.05, 3.63) is 70.7 Å². The monoisotopic (exact) mass is 515 g/mol. The predicted molar refractivity (Wildman–Crippen MR) is 134 cm³/mol. The van der Waals surface area contributed by atoms with Crippen molar-refractivity contribution in [1.82, 2.24) is 10.3 Å². The number of rotatable bonds is 10. The summed E-state index contributed by atoms with van der Waals surface area (Å²) in [7, 11) is -3.42. The zero-order valence-corrected chi connectivity index (χ0v) is 21.1. The van der Waals surface area contributed by atoms with E-state index in [1.807, 2.05) is 36.4 Å². The Bertz CT molecular complexity index is 1210. The summed E-state index contributed by atoms with van der Waals surface area (Å²) in [5, 5.41) is 6.77. The summed E-state index contributed by atoms with van der Waals surface area (Å²) in [5.74, 6) is -0.612. The first-order chi connectivity index (χ1) is 16.9. The maximum atomic E-state index is 12.5. The number of amides is 2. The Labute approximate surface area is 207 Å². The molecule has 1 aliphatic carbocycles. The molecule has 184 valence electrons. The van der Waals surface area contributed by atoms with Gasteiger partial charge in [-0.3, -0.25) is 14.7 Å². The number of thiazole rings is 1. The van der Waals surface area contributed by atoms with Gasteiger partial charge in [0.25, 0.3) is 5.91 Å². The van der Waals surface area contributed by atoms with Crippen LogP contribution in [0.1, 0.15) is 41.4 Å². The fourth-order valence-corrected chi connectivity index (χ4v) is 6.00. The fraction of sp³-hybridized carbons (Fsp3) is 0.292. The van der Waals surface area contributed by atoms with E-state index in [1.165, 1.54) is 5.38 Å². The zero-order chi connectivity index (χ0) is 24.8. The number of carbonyl (C=O) groups is 2. The number of fused-ring (bicyclic) bond motifs is 3. The SMILES string of the molecule is CCOP(=O)(CNC(=O)c1csc(NC(=O)OCC2c3ccccc3-c3ccccc32)n1)OCC. The maximum absolute atomic E-state index is 12.5. The van der Waals surface area contributed by atoms with Gasteiger partial charge in [-0.2, -0.15) is 0 Å². The van der Waals surface area contributed by atoms with Crippen LogP contribution in [0.4, 0.5) is 9.93 Å². The van der Waals surface area contributed by atoms with Crippen LogP contribution in [0.5, 0.6) is 0 Å². The molecular formula is C24H26N3O6PS. The van der Waals surface area contributed by atoms with Gasteiger partial charge in [0.2, 0.25) is 0 Å². The third-order valence-electron chi connectivity index (χ3n) is 5.37. The summed E-state index contributed by atoms with van der Waals surface area (Å²) in [6.07, 6.45) is -0.939. The van der Waals surface area contributed by atoms with E-state index in [2.05, 4.69) is 27.8 Å². The van der Waals surface area contributed by atoms with Crippen molar-refractivity contribution in [2.24, 2.45) is 0 Å². The van der Waals surface area contributed by atoms with Crippen molar-refractivity contribution in [1.29, 1.82) is 0 Å². The number of carbonyl (C=O) groups excluding carboxylic acids is 2. The Morgan fingerprint density at radius 3 is 2.20 bits per heavy atom. The van der Waals surface area contributed by atoms with E-state index in [-0.39, 0.29) is 42.8 Å². The highest BCUT2D eigenvalue weighted by atomic mass is 32.1. The second-order valence-corrected chi connectivity index (χ2v) is 10.5. The number of nitrogens with zero attached hydrogens (tertiary/aromatic N) is 1. The number of hydrogen-bond acceptors (Lipinski definition) is 8. The predicted octanol–water partition coefficient (Wildman–Crippen LogP) is 5.46. The van der Waals surface area contributed by atoms with E-state index < -0.39 is 19.6 Å². The molecule has 2 N–H and O–H groups in total. The standard InChI is InChI=1S/C24H26N3O6PS/c1-3-32-34(30,33-4-2)15-25-22(28)21-14-35-23(26-21)27-24(29)31-13-20-18-11-7-5-9-16(18)17-10-6-8-12-19(17)20/h5-12,14,20H,3-4,13,15H2,1-2H3,(H,25,28)(H,26,27,29).